The normalized spacial score (nSPS) is 37.5. The maximum absolute atomic E-state index is 13.3. The van der Waals surface area contributed by atoms with Gasteiger partial charge in [-0.05, 0) is 76.0 Å². The molecule has 2 aliphatic heterocycles. The molecule has 1 aromatic carbocycles. The Kier molecular flexibility index (Phi) is 5.15. The number of nitrogens with zero attached hydrogens (tertiary/aromatic N) is 1. The van der Waals surface area contributed by atoms with Crippen molar-refractivity contribution in [2.24, 2.45) is 17.8 Å². The highest BCUT2D eigenvalue weighted by molar-refractivity contribution is 6.20. The van der Waals surface area contributed by atoms with Crippen LogP contribution in [0.4, 0.5) is 5.69 Å². The van der Waals surface area contributed by atoms with Gasteiger partial charge in [-0.3, -0.25) is 9.69 Å². The van der Waals surface area contributed by atoms with Gasteiger partial charge < -0.3 is 10.4 Å². The van der Waals surface area contributed by atoms with Crippen LogP contribution in [0.5, 0.6) is 5.75 Å². The molecule has 2 N–H and O–H groups in total. The van der Waals surface area contributed by atoms with E-state index in [0.717, 1.165) is 38.5 Å². The monoisotopic (exact) mass is 376 g/mol. The molecule has 4 nitrogen and oxygen atoms in total. The number of carbonyl (C=O) groups is 1. The fourth-order valence-electron chi connectivity index (χ4n) is 5.66. The van der Waals surface area contributed by atoms with Crippen LogP contribution in [0.1, 0.15) is 44.9 Å². The van der Waals surface area contributed by atoms with Gasteiger partial charge in [0.05, 0.1) is 11.6 Å². The number of phenols is 1. The van der Waals surface area contributed by atoms with Gasteiger partial charge in [-0.2, -0.15) is 0 Å². The molecule has 142 valence electrons. The minimum absolute atomic E-state index is 0.00442. The predicted molar refractivity (Wildman–Crippen MR) is 105 cm³/mol. The zero-order valence-corrected chi connectivity index (χ0v) is 16.2. The molecule has 5 heteroatoms. The number of carbonyl (C=O) groups excluding carboxylic acids is 1. The summed E-state index contributed by atoms with van der Waals surface area (Å²) in [7, 11) is 2.18. The lowest BCUT2D eigenvalue weighted by molar-refractivity contribution is -0.127. The van der Waals surface area contributed by atoms with E-state index in [9.17, 15) is 9.90 Å². The third-order valence-corrected chi connectivity index (χ3v) is 7.52. The van der Waals surface area contributed by atoms with Gasteiger partial charge in [0, 0.05) is 17.5 Å². The Labute approximate surface area is 160 Å². The molecule has 2 bridgehead atoms. The van der Waals surface area contributed by atoms with Gasteiger partial charge in [-0.15, -0.1) is 11.6 Å². The molecule has 4 rings (SSSR count). The lowest BCUT2D eigenvalue weighted by Gasteiger charge is -2.46. The summed E-state index contributed by atoms with van der Waals surface area (Å²) in [4.78, 5) is 15.7. The van der Waals surface area contributed by atoms with Crippen LogP contribution in [-0.2, 0) is 4.79 Å². The van der Waals surface area contributed by atoms with E-state index in [1.54, 1.807) is 18.2 Å². The molecule has 2 saturated heterocycles. The van der Waals surface area contributed by atoms with E-state index in [4.69, 9.17) is 11.6 Å². The van der Waals surface area contributed by atoms with E-state index in [2.05, 4.69) is 17.3 Å². The zero-order valence-electron chi connectivity index (χ0n) is 15.4. The van der Waals surface area contributed by atoms with Gasteiger partial charge in [0.25, 0.3) is 0 Å². The van der Waals surface area contributed by atoms with Gasteiger partial charge in [-0.1, -0.05) is 12.1 Å². The summed E-state index contributed by atoms with van der Waals surface area (Å²) in [6.07, 6.45) is 7.84. The number of hydrogen-bond donors (Lipinski definition) is 2. The van der Waals surface area contributed by atoms with Gasteiger partial charge in [0.2, 0.25) is 5.91 Å². The van der Waals surface area contributed by atoms with Gasteiger partial charge in [0.15, 0.2) is 0 Å². The van der Waals surface area contributed by atoms with Crippen molar-refractivity contribution < 1.29 is 9.90 Å². The van der Waals surface area contributed by atoms with Crippen LogP contribution in [0.25, 0.3) is 0 Å². The summed E-state index contributed by atoms with van der Waals surface area (Å²) >= 11 is 6.32. The second-order valence-corrected chi connectivity index (χ2v) is 9.03. The zero-order chi connectivity index (χ0) is 18.3. The fourth-order valence-corrected chi connectivity index (χ4v) is 5.91. The topological polar surface area (TPSA) is 52.6 Å². The van der Waals surface area contributed by atoms with Crippen molar-refractivity contribution >= 4 is 23.2 Å². The highest BCUT2D eigenvalue weighted by Crippen LogP contribution is 2.48. The Hall–Kier alpha value is -1.26. The molecule has 1 aromatic rings. The number of para-hydroxylation sites is 2. The Morgan fingerprint density at radius 3 is 2.62 bits per heavy atom. The molecule has 2 unspecified atom stereocenters. The van der Waals surface area contributed by atoms with E-state index in [1.165, 1.54) is 6.42 Å². The van der Waals surface area contributed by atoms with E-state index >= 15 is 0 Å². The van der Waals surface area contributed by atoms with Crippen LogP contribution in [0.2, 0.25) is 0 Å². The molecule has 26 heavy (non-hydrogen) atoms. The number of hydrogen-bond acceptors (Lipinski definition) is 3. The van der Waals surface area contributed by atoms with Gasteiger partial charge in [-0.25, -0.2) is 0 Å². The van der Waals surface area contributed by atoms with E-state index in [0.29, 0.717) is 35.0 Å². The van der Waals surface area contributed by atoms with E-state index in [-0.39, 0.29) is 17.6 Å². The van der Waals surface area contributed by atoms with Crippen molar-refractivity contribution in [3.63, 3.8) is 0 Å². The van der Waals surface area contributed by atoms with Crippen molar-refractivity contribution in [3.05, 3.63) is 24.3 Å². The molecule has 3 aliphatic rings. The molecule has 1 amide bonds. The van der Waals surface area contributed by atoms with Gasteiger partial charge in [0.1, 0.15) is 5.75 Å². The minimum atomic E-state index is -0.00442. The van der Waals surface area contributed by atoms with Crippen LogP contribution in [-0.4, -0.2) is 40.4 Å². The molecule has 1 saturated carbocycles. The SMILES string of the molecule is CN1C2CC[C@@H]1C[C@H](C1CCC(Cl)CC1)C2C(=O)Nc1ccccc1O. The number of aromatic hydroxyl groups is 1. The highest BCUT2D eigenvalue weighted by atomic mass is 35.5. The van der Waals surface area contributed by atoms with Crippen molar-refractivity contribution in [1.82, 2.24) is 4.90 Å². The quantitative estimate of drug-likeness (QED) is 0.613. The summed E-state index contributed by atoms with van der Waals surface area (Å²) in [5, 5.41) is 13.4. The van der Waals surface area contributed by atoms with Crippen molar-refractivity contribution in [2.45, 2.75) is 62.4 Å². The first-order valence-electron chi connectivity index (χ1n) is 9.99. The van der Waals surface area contributed by atoms with E-state index < -0.39 is 0 Å². The molecule has 0 radical (unpaired) electrons. The third kappa shape index (κ3) is 3.34. The number of anilines is 1. The summed E-state index contributed by atoms with van der Waals surface area (Å²) in [5.74, 6) is 1.23. The van der Waals surface area contributed by atoms with E-state index in [1.807, 2.05) is 6.07 Å². The number of rotatable bonds is 3. The maximum Gasteiger partial charge on any atom is 0.229 e. The lowest BCUT2D eigenvalue weighted by Crippen LogP contribution is -2.53. The highest BCUT2D eigenvalue weighted by Gasteiger charge is 2.50. The van der Waals surface area contributed by atoms with Gasteiger partial charge >= 0.3 is 0 Å². The fraction of sp³-hybridized carbons (Fsp3) is 0.667. The maximum atomic E-state index is 13.3. The Balaban J connectivity index is 1.56. The first-order valence-corrected chi connectivity index (χ1v) is 10.4. The molecule has 1 aliphatic carbocycles. The largest absolute Gasteiger partial charge is 0.506 e. The average molecular weight is 377 g/mol. The van der Waals surface area contributed by atoms with Crippen molar-refractivity contribution in [1.29, 1.82) is 0 Å². The third-order valence-electron chi connectivity index (χ3n) is 7.09. The molecule has 0 spiro atoms. The number of amides is 1. The number of piperidine rings is 1. The number of halogens is 1. The standard InChI is InChI=1S/C21H29ClN2O2/c1-24-15-10-11-18(24)20(16(12-15)13-6-8-14(22)9-7-13)21(26)23-17-4-2-3-5-19(17)25/h2-5,13-16,18,20,25H,6-12H2,1H3,(H,23,26)/t13?,14?,15-,16-,18?,20?/m1/s1. The van der Waals surface area contributed by atoms with Crippen LogP contribution in [0, 0.1) is 17.8 Å². The van der Waals surface area contributed by atoms with Crippen LogP contribution in [0.3, 0.4) is 0 Å². The Morgan fingerprint density at radius 1 is 1.15 bits per heavy atom. The van der Waals surface area contributed by atoms with Crippen molar-refractivity contribution in [3.8, 4) is 5.75 Å². The number of alkyl halides is 1. The average Bonchev–Trinajstić information content (AvgIpc) is 2.87. The van der Waals surface area contributed by atoms with Crippen molar-refractivity contribution in [2.75, 3.05) is 12.4 Å². The number of phenolic OH excluding ortho intramolecular Hbond substituents is 1. The summed E-state index contributed by atoms with van der Waals surface area (Å²) in [6, 6.07) is 7.94. The molecule has 0 aromatic heterocycles. The molecule has 3 fully saturated rings. The summed E-state index contributed by atoms with van der Waals surface area (Å²) in [6.45, 7) is 0. The Bertz CT molecular complexity index is 659. The number of fused-ring (bicyclic) bond motifs is 2. The molecule has 4 atom stereocenters. The first kappa shape index (κ1) is 18.1. The van der Waals surface area contributed by atoms with Crippen LogP contribution < -0.4 is 5.32 Å². The van der Waals surface area contributed by atoms with Crippen LogP contribution in [0.15, 0.2) is 24.3 Å². The lowest BCUT2D eigenvalue weighted by atomic mass is 9.68. The minimum Gasteiger partial charge on any atom is -0.506 e. The molecular formula is C21H29ClN2O2. The number of nitrogens with one attached hydrogen (secondary N) is 1. The number of benzene rings is 1. The second-order valence-electron chi connectivity index (χ2n) is 8.41. The molecule has 2 heterocycles. The second kappa shape index (κ2) is 7.40. The summed E-state index contributed by atoms with van der Waals surface area (Å²) < 4.78 is 0. The first-order chi connectivity index (χ1) is 12.5. The predicted octanol–water partition coefficient (Wildman–Crippen LogP) is 4.23. The smallest absolute Gasteiger partial charge is 0.229 e. The Morgan fingerprint density at radius 2 is 1.88 bits per heavy atom. The van der Waals surface area contributed by atoms with Crippen LogP contribution >= 0.6 is 11.6 Å². The summed E-state index contributed by atoms with van der Waals surface area (Å²) in [5.41, 5.74) is 0.517. The molecular weight excluding hydrogens is 348 g/mol.